The molecule has 3 aromatic carbocycles. The molecular weight excluding hydrogens is 424 g/mol. The number of rotatable bonds is 9. The van der Waals surface area contributed by atoms with Gasteiger partial charge in [-0.25, -0.2) is 10.1 Å². The highest BCUT2D eigenvalue weighted by Gasteiger charge is 2.20. The maximum atomic E-state index is 6.10. The summed E-state index contributed by atoms with van der Waals surface area (Å²) < 4.78 is 6.10. The summed E-state index contributed by atoms with van der Waals surface area (Å²) in [6.45, 7) is 1.49. The van der Waals surface area contributed by atoms with Gasteiger partial charge in [-0.3, -0.25) is 0 Å². The first-order chi connectivity index (χ1) is 16.8. The Labute approximate surface area is 198 Å². The van der Waals surface area contributed by atoms with Crippen LogP contribution in [0.15, 0.2) is 91.0 Å². The molecule has 7 nitrogen and oxygen atoms in total. The van der Waals surface area contributed by atoms with Crippen molar-refractivity contribution in [1.82, 2.24) is 25.7 Å². The van der Waals surface area contributed by atoms with E-state index in [0.717, 1.165) is 41.1 Å². The molecular formula is C27H26N6O. The van der Waals surface area contributed by atoms with Crippen molar-refractivity contribution in [3.63, 3.8) is 0 Å². The van der Waals surface area contributed by atoms with Crippen molar-refractivity contribution < 1.29 is 4.74 Å². The Morgan fingerprint density at radius 2 is 1.65 bits per heavy atom. The number of hydrogen-bond acceptors (Lipinski definition) is 6. The number of nitrogens with one attached hydrogen (secondary N) is 2. The zero-order chi connectivity index (χ0) is 23.2. The lowest BCUT2D eigenvalue weighted by atomic mass is 9.88. The largest absolute Gasteiger partial charge is 0.457 e. The molecule has 0 fully saturated rings. The minimum absolute atomic E-state index is 0.0995. The molecule has 0 aliphatic heterocycles. The van der Waals surface area contributed by atoms with E-state index in [-0.39, 0.29) is 5.92 Å². The Balaban J connectivity index is 1.31. The van der Waals surface area contributed by atoms with Crippen molar-refractivity contribution in [2.75, 3.05) is 12.3 Å². The van der Waals surface area contributed by atoms with Gasteiger partial charge in [-0.15, -0.1) is 5.10 Å². The topological polar surface area (TPSA) is 102 Å². The molecule has 34 heavy (non-hydrogen) atoms. The Bertz CT molecular complexity index is 1350. The number of hydrogen-bond donors (Lipinski definition) is 3. The van der Waals surface area contributed by atoms with Gasteiger partial charge in [0.1, 0.15) is 22.8 Å². The summed E-state index contributed by atoms with van der Waals surface area (Å²) >= 11 is 0. The number of ether oxygens (including phenoxy) is 1. The molecule has 2 aromatic heterocycles. The zero-order valence-electron chi connectivity index (χ0n) is 18.7. The van der Waals surface area contributed by atoms with Crippen LogP contribution in [-0.2, 0) is 6.54 Å². The molecule has 5 aromatic rings. The summed E-state index contributed by atoms with van der Waals surface area (Å²) in [5.74, 6) is 2.23. The van der Waals surface area contributed by atoms with E-state index >= 15 is 0 Å². The summed E-state index contributed by atoms with van der Waals surface area (Å²) in [6.07, 6.45) is 0.858. The highest BCUT2D eigenvalue weighted by atomic mass is 16.5. The van der Waals surface area contributed by atoms with Gasteiger partial charge in [-0.1, -0.05) is 71.9 Å². The Morgan fingerprint density at radius 1 is 0.912 bits per heavy atom. The molecule has 0 saturated carbocycles. The van der Waals surface area contributed by atoms with Crippen LogP contribution in [0.3, 0.4) is 0 Å². The number of aromatic amines is 1. The number of benzene rings is 3. The first-order valence-corrected chi connectivity index (χ1v) is 11.3. The number of para-hydroxylation sites is 2. The summed E-state index contributed by atoms with van der Waals surface area (Å²) in [4.78, 5) is 4.32. The Hall–Kier alpha value is -4.23. The number of H-pyrrole nitrogens is 1. The number of aromatic nitrogens is 4. The SMILES string of the molecule is Nc1cc(C(CCNCc2ccccc2Oc2ccccc2)c2ccccc2)c2nn[nH]c2n1. The fourth-order valence-corrected chi connectivity index (χ4v) is 4.17. The summed E-state index contributed by atoms with van der Waals surface area (Å²) in [5, 5.41) is 14.6. The molecule has 0 bridgehead atoms. The van der Waals surface area contributed by atoms with Crippen LogP contribution in [0.25, 0.3) is 11.2 Å². The summed E-state index contributed by atoms with van der Waals surface area (Å²) in [6, 6.07) is 30.2. The van der Waals surface area contributed by atoms with Crippen molar-refractivity contribution >= 4 is 17.0 Å². The highest BCUT2D eigenvalue weighted by molar-refractivity contribution is 5.77. The first kappa shape index (κ1) is 21.6. The first-order valence-electron chi connectivity index (χ1n) is 11.3. The summed E-state index contributed by atoms with van der Waals surface area (Å²) in [7, 11) is 0. The molecule has 0 aliphatic carbocycles. The van der Waals surface area contributed by atoms with E-state index in [4.69, 9.17) is 10.5 Å². The van der Waals surface area contributed by atoms with Gasteiger partial charge in [0.15, 0.2) is 5.65 Å². The van der Waals surface area contributed by atoms with Gasteiger partial charge in [0.25, 0.3) is 0 Å². The number of nitrogens with zero attached hydrogens (tertiary/aromatic N) is 3. The van der Waals surface area contributed by atoms with Crippen LogP contribution in [0.2, 0.25) is 0 Å². The third kappa shape index (κ3) is 4.89. The highest BCUT2D eigenvalue weighted by Crippen LogP contribution is 2.32. The van der Waals surface area contributed by atoms with Crippen LogP contribution >= 0.6 is 0 Å². The second kappa shape index (κ2) is 10.1. The van der Waals surface area contributed by atoms with E-state index in [9.17, 15) is 0 Å². The van der Waals surface area contributed by atoms with Crippen molar-refractivity contribution in [2.24, 2.45) is 0 Å². The predicted octanol–water partition coefficient (Wildman–Crippen LogP) is 5.04. The number of nitrogen functional groups attached to an aromatic ring is 1. The van der Waals surface area contributed by atoms with Crippen LogP contribution in [0, 0.1) is 0 Å². The molecule has 0 spiro atoms. The van der Waals surface area contributed by atoms with Gasteiger partial charge in [0, 0.05) is 18.0 Å². The lowest BCUT2D eigenvalue weighted by molar-refractivity contribution is 0.472. The third-order valence-corrected chi connectivity index (χ3v) is 5.79. The normalized spacial score (nSPS) is 12.0. The second-order valence-electron chi connectivity index (χ2n) is 8.10. The molecule has 1 unspecified atom stereocenters. The summed E-state index contributed by atoms with van der Waals surface area (Å²) in [5.41, 5.74) is 10.8. The molecule has 0 aliphatic rings. The molecule has 5 rings (SSSR count). The van der Waals surface area contributed by atoms with E-state index in [1.54, 1.807) is 0 Å². The fraction of sp³-hybridized carbons (Fsp3) is 0.148. The maximum Gasteiger partial charge on any atom is 0.178 e. The van der Waals surface area contributed by atoms with E-state index in [0.29, 0.717) is 18.0 Å². The van der Waals surface area contributed by atoms with Crippen molar-refractivity contribution in [1.29, 1.82) is 0 Å². The van der Waals surface area contributed by atoms with Crippen LogP contribution < -0.4 is 15.8 Å². The van der Waals surface area contributed by atoms with Crippen molar-refractivity contribution in [3.05, 3.63) is 108 Å². The lowest BCUT2D eigenvalue weighted by Crippen LogP contribution is -2.18. The molecule has 7 heteroatoms. The van der Waals surface area contributed by atoms with E-state index in [2.05, 4.69) is 56.0 Å². The Morgan fingerprint density at radius 3 is 2.47 bits per heavy atom. The van der Waals surface area contributed by atoms with Gasteiger partial charge in [0.2, 0.25) is 0 Å². The molecule has 170 valence electrons. The average Bonchev–Trinajstić information content (AvgIpc) is 3.34. The molecule has 4 N–H and O–H groups in total. The third-order valence-electron chi connectivity index (χ3n) is 5.79. The van der Waals surface area contributed by atoms with Crippen LogP contribution in [0.5, 0.6) is 11.5 Å². The molecule has 2 heterocycles. The fourth-order valence-electron chi connectivity index (χ4n) is 4.17. The van der Waals surface area contributed by atoms with Gasteiger partial charge in [0.05, 0.1) is 0 Å². The smallest absolute Gasteiger partial charge is 0.178 e. The molecule has 0 amide bonds. The van der Waals surface area contributed by atoms with E-state index < -0.39 is 0 Å². The molecule has 1 atom stereocenters. The second-order valence-corrected chi connectivity index (χ2v) is 8.10. The minimum Gasteiger partial charge on any atom is -0.457 e. The number of nitrogens with two attached hydrogens (primary N) is 1. The lowest BCUT2D eigenvalue weighted by Gasteiger charge is -2.19. The van der Waals surface area contributed by atoms with Gasteiger partial charge in [-0.2, -0.15) is 0 Å². The van der Waals surface area contributed by atoms with Crippen molar-refractivity contribution in [3.8, 4) is 11.5 Å². The predicted molar refractivity (Wildman–Crippen MR) is 134 cm³/mol. The maximum absolute atomic E-state index is 6.10. The van der Waals surface area contributed by atoms with Gasteiger partial charge < -0.3 is 15.8 Å². The van der Waals surface area contributed by atoms with Gasteiger partial charge in [-0.05, 0) is 48.4 Å². The van der Waals surface area contributed by atoms with Crippen molar-refractivity contribution in [2.45, 2.75) is 18.9 Å². The monoisotopic (exact) mass is 450 g/mol. The van der Waals surface area contributed by atoms with E-state index in [1.165, 1.54) is 5.56 Å². The molecule has 0 radical (unpaired) electrons. The minimum atomic E-state index is 0.0995. The number of fused-ring (bicyclic) bond motifs is 1. The Kier molecular flexibility index (Phi) is 6.45. The quantitative estimate of drug-likeness (QED) is 0.272. The molecule has 0 saturated heterocycles. The average molecular weight is 451 g/mol. The van der Waals surface area contributed by atoms with Crippen LogP contribution in [0.4, 0.5) is 5.82 Å². The van der Waals surface area contributed by atoms with E-state index in [1.807, 2.05) is 60.7 Å². The zero-order valence-corrected chi connectivity index (χ0v) is 18.7. The number of pyridine rings is 1. The van der Waals surface area contributed by atoms with Crippen LogP contribution in [-0.4, -0.2) is 26.9 Å². The van der Waals surface area contributed by atoms with Gasteiger partial charge >= 0.3 is 0 Å². The number of anilines is 1. The standard InChI is InChI=1S/C27H26N6O/c28-25-17-23(26-27(30-25)32-33-31-26)22(19-9-3-1-4-10-19)15-16-29-18-20-11-7-8-14-24(20)34-21-12-5-2-6-13-21/h1-14,17,22,29H,15-16,18H2,(H3,28,30,31,32,33). The van der Waals surface area contributed by atoms with Crippen LogP contribution in [0.1, 0.15) is 29.0 Å².